The minimum Gasteiger partial charge on any atom is -0.459 e. The van der Waals surface area contributed by atoms with E-state index in [4.69, 9.17) is 61.6 Å². The highest BCUT2D eigenvalue weighted by Gasteiger charge is 2.72. The minimum absolute atomic E-state index is 0.0316. The Morgan fingerprint density at radius 1 is 0.705 bits per heavy atom. The molecule has 20 nitrogen and oxygen atoms in total. The number of carbonyl (C=O) groups excluding carboxylic acids is 2. The number of methoxy groups -OCH3 is 3. The lowest BCUT2D eigenvalue weighted by Gasteiger charge is -2.63. The summed E-state index contributed by atoms with van der Waals surface area (Å²) in [6.07, 6.45) is -3.70. The van der Waals surface area contributed by atoms with Crippen molar-refractivity contribution in [2.75, 3.05) is 27.9 Å². The quantitative estimate of drug-likeness (QED) is 0.0741. The lowest BCUT2D eigenvalue weighted by Crippen LogP contribution is -2.67. The van der Waals surface area contributed by atoms with Crippen molar-refractivity contribution < 1.29 is 96.7 Å². The Hall–Kier alpha value is -2.48. The molecule has 8 rings (SSSR count). The van der Waals surface area contributed by atoms with Crippen LogP contribution in [0.4, 0.5) is 0 Å². The van der Waals surface area contributed by atoms with Gasteiger partial charge in [0.2, 0.25) is 0 Å². The zero-order chi connectivity index (χ0) is 56.8. The van der Waals surface area contributed by atoms with Gasteiger partial charge in [-0.15, -0.1) is 0 Å². The van der Waals surface area contributed by atoms with Crippen LogP contribution in [0.2, 0.25) is 0 Å². The van der Waals surface area contributed by atoms with Gasteiger partial charge < -0.3 is 87.1 Å². The van der Waals surface area contributed by atoms with Crippen LogP contribution in [0.25, 0.3) is 0 Å². The number of carbonyl (C=O) groups is 2. The zero-order valence-corrected chi connectivity index (χ0v) is 48.1. The van der Waals surface area contributed by atoms with Gasteiger partial charge in [0.25, 0.3) is 0 Å². The highest BCUT2D eigenvalue weighted by molar-refractivity contribution is 5.88. The van der Waals surface area contributed by atoms with Crippen molar-refractivity contribution in [3.63, 3.8) is 0 Å². The summed E-state index contributed by atoms with van der Waals surface area (Å²) in [6.45, 7) is 18.4. The molecule has 4 saturated heterocycles. The summed E-state index contributed by atoms with van der Waals surface area (Å²) in [7, 11) is 4.79. The van der Waals surface area contributed by atoms with Crippen LogP contribution in [-0.4, -0.2) is 194 Å². The second-order valence-electron chi connectivity index (χ2n) is 24.0. The molecule has 5 N–H and O–H groups in total. The van der Waals surface area contributed by atoms with E-state index < -0.39 is 134 Å². The molecular formula is C58H92O20. The fourth-order valence-electron chi connectivity index (χ4n) is 14.9. The number of rotatable bonds is 17. The SMILES string of the molecule is C/C=C(\C)C(=O)O[C@H](C)[C@H]1CC[C@]2(O)[C@@H]3CC=C4C[C@@H](O[C@H]5C[C@H](OC)[C@@H](O[C@H]6C[C@H](OC)[C@@H](O[C@H]7C[C@@H](OC)[C@H](O[C@@H]8O[C@H](CO)[C@@H](O)[C@H](O)[C@H]8O)[C@@H](C)O7)[C@@H](C)O6)[C@@H](C)O5)CC[C@]4(C)[C@H]3C[C@@H](OC(=O)/C(C)=C/C)[C@]12C. The molecule has 4 aliphatic carbocycles. The van der Waals surface area contributed by atoms with Crippen LogP contribution in [0.3, 0.4) is 0 Å². The van der Waals surface area contributed by atoms with E-state index in [-0.39, 0.29) is 47.8 Å². The van der Waals surface area contributed by atoms with Gasteiger partial charge in [0.15, 0.2) is 25.2 Å². The van der Waals surface area contributed by atoms with Crippen LogP contribution in [0, 0.1) is 28.6 Å². The Morgan fingerprint density at radius 3 is 1.76 bits per heavy atom. The first-order valence-corrected chi connectivity index (χ1v) is 28.6. The molecule has 78 heavy (non-hydrogen) atoms. The van der Waals surface area contributed by atoms with Crippen molar-refractivity contribution in [2.45, 2.75) is 262 Å². The maximum absolute atomic E-state index is 13.7. The molecule has 26 atom stereocenters. The van der Waals surface area contributed by atoms with Crippen LogP contribution in [0.1, 0.15) is 133 Å². The number of aliphatic hydroxyl groups excluding tert-OH is 4. The summed E-state index contributed by atoms with van der Waals surface area (Å²) in [5.41, 5.74) is 0.00670. The standard InChI is InChI=1S/C58H92O20/c1-14-28(3)53(63)72-30(5)36-19-21-58(65)37-17-16-34-22-35(18-20-56(34,9)38(37)23-43(57(36,58)10)75-54(64)29(4)15-2)73-44-24-39(66-11)50(31(6)69-44)76-45-25-40(67-12)51(32(7)70-45)77-46-26-41(68-13)52(33(8)71-46)78-55-49(62)48(61)47(60)42(27-59)74-55/h14-16,30-33,35-52,55,59-62,65H,17-27H2,1-13H3/b28-14+,29-15+/t30-,31-,32-,33-,35+,36-,37-,38+,39+,40+,41-,42-,43-,44+,45+,46+,47-,48+,49-,50+,51+,52-,55+,56+,57+,58+/m1/s1. The fourth-order valence-corrected chi connectivity index (χ4v) is 14.9. The van der Waals surface area contributed by atoms with Gasteiger partial charge in [-0.3, -0.25) is 0 Å². The molecular weight excluding hydrogens is 1020 g/mol. The van der Waals surface area contributed by atoms with Crippen molar-refractivity contribution in [3.05, 3.63) is 34.9 Å². The van der Waals surface area contributed by atoms with Gasteiger partial charge in [-0.2, -0.15) is 0 Å². The number of aliphatic hydroxyl groups is 5. The highest BCUT2D eigenvalue weighted by Crippen LogP contribution is 2.69. The molecule has 0 aromatic heterocycles. The topological polar surface area (TPSA) is 255 Å². The normalized spacial score (nSPS) is 47.5. The molecule has 0 unspecified atom stereocenters. The second kappa shape index (κ2) is 25.2. The molecule has 4 heterocycles. The van der Waals surface area contributed by atoms with Crippen LogP contribution >= 0.6 is 0 Å². The number of fused-ring (bicyclic) bond motifs is 5. The largest absolute Gasteiger partial charge is 0.459 e. The maximum Gasteiger partial charge on any atom is 0.333 e. The summed E-state index contributed by atoms with van der Waals surface area (Å²) >= 11 is 0. The van der Waals surface area contributed by atoms with E-state index in [1.807, 2.05) is 27.7 Å². The molecule has 0 radical (unpaired) electrons. The van der Waals surface area contributed by atoms with E-state index in [0.717, 1.165) is 12.8 Å². The van der Waals surface area contributed by atoms with E-state index in [0.29, 0.717) is 56.1 Å². The van der Waals surface area contributed by atoms with Crippen molar-refractivity contribution in [2.24, 2.45) is 28.6 Å². The van der Waals surface area contributed by atoms with Crippen molar-refractivity contribution >= 4 is 11.9 Å². The van der Waals surface area contributed by atoms with E-state index in [1.165, 1.54) is 12.7 Å². The van der Waals surface area contributed by atoms with Crippen LogP contribution in [0.5, 0.6) is 0 Å². The molecule has 3 saturated carbocycles. The highest BCUT2D eigenvalue weighted by atomic mass is 16.8. The third-order valence-electron chi connectivity index (χ3n) is 19.9. The molecule has 0 amide bonds. The Balaban J connectivity index is 0.871. The first kappa shape index (κ1) is 61.6. The van der Waals surface area contributed by atoms with Gasteiger partial charge in [0.1, 0.15) is 54.9 Å². The zero-order valence-electron chi connectivity index (χ0n) is 48.1. The average molecular weight is 1110 g/mol. The Labute approximate surface area is 460 Å². The smallest absolute Gasteiger partial charge is 0.333 e. The Bertz CT molecular complexity index is 2150. The third-order valence-corrected chi connectivity index (χ3v) is 19.9. The van der Waals surface area contributed by atoms with Gasteiger partial charge in [-0.25, -0.2) is 9.59 Å². The number of ether oxygens (including phenoxy) is 13. The average Bonchev–Trinajstić information content (AvgIpc) is 3.14. The van der Waals surface area contributed by atoms with Gasteiger partial charge in [-0.05, 0) is 118 Å². The Kier molecular flexibility index (Phi) is 19.9. The van der Waals surface area contributed by atoms with E-state index in [1.54, 1.807) is 54.1 Å². The fraction of sp³-hybridized carbons (Fsp3) is 0.862. The van der Waals surface area contributed by atoms with Gasteiger partial charge in [0, 0.05) is 63.1 Å². The van der Waals surface area contributed by atoms with Crippen LogP contribution < -0.4 is 0 Å². The van der Waals surface area contributed by atoms with Gasteiger partial charge >= 0.3 is 11.9 Å². The van der Waals surface area contributed by atoms with Gasteiger partial charge in [0.05, 0.1) is 54.9 Å². The molecule has 7 fully saturated rings. The first-order chi connectivity index (χ1) is 37.0. The first-order valence-electron chi connectivity index (χ1n) is 28.6. The molecule has 8 aliphatic rings. The molecule has 0 aromatic carbocycles. The number of hydrogen-bond acceptors (Lipinski definition) is 20. The van der Waals surface area contributed by atoms with E-state index >= 15 is 0 Å². The summed E-state index contributed by atoms with van der Waals surface area (Å²) in [4.78, 5) is 26.7. The number of hydrogen-bond donors (Lipinski definition) is 5. The molecule has 0 aromatic rings. The predicted octanol–water partition coefficient (Wildman–Crippen LogP) is 4.86. The van der Waals surface area contributed by atoms with Crippen molar-refractivity contribution in [1.82, 2.24) is 0 Å². The molecule has 20 heteroatoms. The minimum atomic E-state index is -1.59. The summed E-state index contributed by atoms with van der Waals surface area (Å²) in [5.74, 6) is -1.06. The Morgan fingerprint density at radius 2 is 1.23 bits per heavy atom. The van der Waals surface area contributed by atoms with Crippen molar-refractivity contribution in [1.29, 1.82) is 0 Å². The monoisotopic (exact) mass is 1110 g/mol. The molecule has 4 aliphatic heterocycles. The van der Waals surface area contributed by atoms with Gasteiger partial charge in [-0.1, -0.05) is 37.6 Å². The molecule has 444 valence electrons. The summed E-state index contributed by atoms with van der Waals surface area (Å²) in [6, 6.07) is 0. The summed E-state index contributed by atoms with van der Waals surface area (Å²) < 4.78 is 81.5. The maximum atomic E-state index is 13.7. The predicted molar refractivity (Wildman–Crippen MR) is 279 cm³/mol. The third kappa shape index (κ3) is 11.7. The second-order valence-corrected chi connectivity index (χ2v) is 24.0. The number of esters is 2. The summed E-state index contributed by atoms with van der Waals surface area (Å²) in [5, 5.41) is 54.1. The van der Waals surface area contributed by atoms with Crippen LogP contribution in [0.15, 0.2) is 34.9 Å². The lowest BCUT2D eigenvalue weighted by molar-refractivity contribution is -0.357. The molecule has 0 bridgehead atoms. The van der Waals surface area contributed by atoms with Crippen LogP contribution in [-0.2, 0) is 71.2 Å². The number of allylic oxidation sites excluding steroid dienone is 3. The lowest BCUT2D eigenvalue weighted by atomic mass is 9.44. The van der Waals surface area contributed by atoms with E-state index in [9.17, 15) is 35.1 Å². The van der Waals surface area contributed by atoms with E-state index in [2.05, 4.69) is 19.9 Å². The van der Waals surface area contributed by atoms with Crippen molar-refractivity contribution in [3.8, 4) is 0 Å². The molecule has 0 spiro atoms.